The van der Waals surface area contributed by atoms with Crippen LogP contribution in [0.2, 0.25) is 0 Å². The molecule has 6 heteroatoms. The van der Waals surface area contributed by atoms with Crippen molar-refractivity contribution in [2.75, 3.05) is 5.75 Å². The highest BCUT2D eigenvalue weighted by Crippen LogP contribution is 2.20. The molecule has 0 aliphatic heterocycles. The van der Waals surface area contributed by atoms with Crippen LogP contribution in [-0.2, 0) is 6.42 Å². The number of nitrogens with zero attached hydrogens (tertiary/aromatic N) is 1. The third-order valence-electron chi connectivity index (χ3n) is 2.98. The van der Waals surface area contributed by atoms with Gasteiger partial charge in [-0.05, 0) is 24.1 Å². The summed E-state index contributed by atoms with van der Waals surface area (Å²) in [7, 11) is 0. The SMILES string of the molecule is CCCc1cc(=O)[nH]c(SCC(N)c2ccc(F)cc2)n1. The van der Waals surface area contributed by atoms with Crippen molar-refractivity contribution in [1.29, 1.82) is 0 Å². The number of H-pyrrole nitrogens is 1. The lowest BCUT2D eigenvalue weighted by molar-refractivity contribution is 0.626. The van der Waals surface area contributed by atoms with Gasteiger partial charge in [-0.3, -0.25) is 4.79 Å². The summed E-state index contributed by atoms with van der Waals surface area (Å²) in [6.45, 7) is 2.04. The van der Waals surface area contributed by atoms with Crippen LogP contribution >= 0.6 is 11.8 Å². The predicted molar refractivity (Wildman–Crippen MR) is 82.9 cm³/mol. The van der Waals surface area contributed by atoms with Gasteiger partial charge in [0.25, 0.3) is 5.56 Å². The lowest BCUT2D eigenvalue weighted by Gasteiger charge is -2.11. The number of hydrogen-bond donors (Lipinski definition) is 2. The van der Waals surface area contributed by atoms with Gasteiger partial charge >= 0.3 is 0 Å². The summed E-state index contributed by atoms with van der Waals surface area (Å²) >= 11 is 1.40. The molecule has 0 fully saturated rings. The number of nitrogens with two attached hydrogens (primary N) is 1. The van der Waals surface area contributed by atoms with Gasteiger partial charge in [-0.25, -0.2) is 9.37 Å². The Labute approximate surface area is 127 Å². The molecule has 2 aromatic rings. The maximum Gasteiger partial charge on any atom is 0.251 e. The van der Waals surface area contributed by atoms with Gasteiger partial charge in [-0.15, -0.1) is 0 Å². The monoisotopic (exact) mass is 307 g/mol. The van der Waals surface area contributed by atoms with Gasteiger partial charge in [0.2, 0.25) is 0 Å². The van der Waals surface area contributed by atoms with Crippen molar-refractivity contribution < 1.29 is 4.39 Å². The van der Waals surface area contributed by atoms with Crippen molar-refractivity contribution in [3.05, 3.63) is 57.8 Å². The predicted octanol–water partition coefficient (Wildman–Crippen LogP) is 2.65. The van der Waals surface area contributed by atoms with E-state index in [2.05, 4.69) is 9.97 Å². The number of nitrogens with one attached hydrogen (secondary N) is 1. The summed E-state index contributed by atoms with van der Waals surface area (Å²) in [5.74, 6) is 0.279. The molecule has 0 spiro atoms. The normalized spacial score (nSPS) is 12.3. The van der Waals surface area contributed by atoms with Gasteiger partial charge < -0.3 is 10.7 Å². The maximum absolute atomic E-state index is 12.9. The second kappa shape index (κ2) is 7.38. The molecule has 0 amide bonds. The first-order valence-electron chi connectivity index (χ1n) is 6.82. The Morgan fingerprint density at radius 1 is 1.38 bits per heavy atom. The lowest BCUT2D eigenvalue weighted by Crippen LogP contribution is -2.15. The van der Waals surface area contributed by atoms with Crippen molar-refractivity contribution in [1.82, 2.24) is 9.97 Å². The van der Waals surface area contributed by atoms with Gasteiger partial charge in [0, 0.05) is 23.6 Å². The third kappa shape index (κ3) is 4.68. The van der Waals surface area contributed by atoms with E-state index in [1.54, 1.807) is 12.1 Å². The average Bonchev–Trinajstić information content (AvgIpc) is 2.45. The molecule has 0 saturated carbocycles. The Hall–Kier alpha value is -1.66. The number of aromatic nitrogens is 2. The van der Waals surface area contributed by atoms with Crippen LogP contribution in [0.1, 0.15) is 30.6 Å². The Morgan fingerprint density at radius 2 is 2.10 bits per heavy atom. The summed E-state index contributed by atoms with van der Waals surface area (Å²) < 4.78 is 12.9. The number of rotatable bonds is 6. The van der Waals surface area contributed by atoms with Crippen LogP contribution in [0.3, 0.4) is 0 Å². The van der Waals surface area contributed by atoms with Gasteiger partial charge in [-0.2, -0.15) is 0 Å². The molecule has 0 saturated heterocycles. The first-order valence-corrected chi connectivity index (χ1v) is 7.81. The molecule has 1 aromatic heterocycles. The molecule has 3 N–H and O–H groups in total. The van der Waals surface area contributed by atoms with Crippen LogP contribution in [0.15, 0.2) is 40.3 Å². The Bertz CT molecular complexity index is 642. The molecule has 2 rings (SSSR count). The molecule has 1 heterocycles. The second-order valence-electron chi connectivity index (χ2n) is 4.76. The Morgan fingerprint density at radius 3 is 2.76 bits per heavy atom. The number of hydrogen-bond acceptors (Lipinski definition) is 4. The molecule has 4 nitrogen and oxygen atoms in total. The quantitative estimate of drug-likeness (QED) is 0.636. The Balaban J connectivity index is 2.02. The van der Waals surface area contributed by atoms with E-state index in [4.69, 9.17) is 5.73 Å². The van der Waals surface area contributed by atoms with Crippen molar-refractivity contribution in [2.45, 2.75) is 31.0 Å². The molecule has 21 heavy (non-hydrogen) atoms. The van der Waals surface area contributed by atoms with Crippen molar-refractivity contribution >= 4 is 11.8 Å². The maximum atomic E-state index is 12.9. The van der Waals surface area contributed by atoms with Crippen LogP contribution in [0, 0.1) is 5.82 Å². The molecular weight excluding hydrogens is 289 g/mol. The molecule has 1 atom stereocenters. The van der Waals surface area contributed by atoms with Crippen molar-refractivity contribution in [2.24, 2.45) is 5.73 Å². The van der Waals surface area contributed by atoms with Crippen molar-refractivity contribution in [3.8, 4) is 0 Å². The van der Waals surface area contributed by atoms with E-state index in [1.807, 2.05) is 6.92 Å². The fourth-order valence-corrected chi connectivity index (χ4v) is 2.80. The minimum atomic E-state index is -0.281. The summed E-state index contributed by atoms with van der Waals surface area (Å²) in [6, 6.07) is 7.40. The van der Waals surface area contributed by atoms with Gasteiger partial charge in [0.05, 0.1) is 0 Å². The van der Waals surface area contributed by atoms with Crippen LogP contribution in [-0.4, -0.2) is 15.7 Å². The standard InChI is InChI=1S/C15H18FN3OS/c1-2-3-12-8-14(20)19-15(18-12)21-9-13(17)10-4-6-11(16)7-5-10/h4-8,13H,2-3,9,17H2,1H3,(H,18,19,20). The minimum Gasteiger partial charge on any atom is -0.323 e. The van der Waals surface area contributed by atoms with Crippen LogP contribution < -0.4 is 11.3 Å². The summed E-state index contributed by atoms with van der Waals surface area (Å²) in [5, 5.41) is 0.573. The number of thioether (sulfide) groups is 1. The van der Waals surface area contributed by atoms with Gasteiger partial charge in [0.15, 0.2) is 5.16 Å². The summed E-state index contributed by atoms with van der Waals surface area (Å²) in [5.41, 5.74) is 7.57. The highest BCUT2D eigenvalue weighted by atomic mass is 32.2. The third-order valence-corrected chi connectivity index (χ3v) is 3.97. The van der Waals surface area contributed by atoms with E-state index >= 15 is 0 Å². The highest BCUT2D eigenvalue weighted by molar-refractivity contribution is 7.99. The zero-order valence-corrected chi connectivity index (χ0v) is 12.6. The zero-order chi connectivity index (χ0) is 15.2. The molecule has 1 aromatic carbocycles. The summed E-state index contributed by atoms with van der Waals surface area (Å²) in [4.78, 5) is 18.7. The van der Waals surface area contributed by atoms with Gasteiger partial charge in [-0.1, -0.05) is 37.2 Å². The molecule has 0 aliphatic rings. The number of benzene rings is 1. The van der Waals surface area contributed by atoms with E-state index in [0.717, 1.165) is 24.1 Å². The topological polar surface area (TPSA) is 71.8 Å². The fraction of sp³-hybridized carbons (Fsp3) is 0.333. The lowest BCUT2D eigenvalue weighted by atomic mass is 10.1. The van der Waals surface area contributed by atoms with E-state index in [-0.39, 0.29) is 17.4 Å². The van der Waals surface area contributed by atoms with Crippen molar-refractivity contribution in [3.63, 3.8) is 0 Å². The number of aromatic amines is 1. The van der Waals surface area contributed by atoms with E-state index in [0.29, 0.717) is 10.9 Å². The smallest absolute Gasteiger partial charge is 0.251 e. The Kier molecular flexibility index (Phi) is 5.52. The largest absolute Gasteiger partial charge is 0.323 e. The highest BCUT2D eigenvalue weighted by Gasteiger charge is 2.09. The van der Waals surface area contributed by atoms with Crippen LogP contribution in [0.5, 0.6) is 0 Å². The van der Waals surface area contributed by atoms with Crippen LogP contribution in [0.25, 0.3) is 0 Å². The van der Waals surface area contributed by atoms with E-state index in [9.17, 15) is 9.18 Å². The first-order chi connectivity index (χ1) is 10.1. The van der Waals surface area contributed by atoms with E-state index < -0.39 is 0 Å². The van der Waals surface area contributed by atoms with E-state index in [1.165, 1.54) is 30.0 Å². The van der Waals surface area contributed by atoms with Gasteiger partial charge in [0.1, 0.15) is 5.82 Å². The zero-order valence-electron chi connectivity index (χ0n) is 11.8. The molecule has 0 bridgehead atoms. The molecule has 112 valence electrons. The molecule has 0 aliphatic carbocycles. The summed E-state index contributed by atoms with van der Waals surface area (Å²) in [6.07, 6.45) is 1.72. The average molecular weight is 307 g/mol. The fourth-order valence-electron chi connectivity index (χ4n) is 1.91. The van der Waals surface area contributed by atoms with Crippen LogP contribution in [0.4, 0.5) is 4.39 Å². The molecule has 1 unspecified atom stereocenters. The number of aryl methyl sites for hydroxylation is 1. The second-order valence-corrected chi connectivity index (χ2v) is 5.77. The molecule has 0 radical (unpaired) electrons. The number of halogens is 1. The molecular formula is C15H18FN3OS. The first kappa shape index (κ1) is 15.7. The minimum absolute atomic E-state index is 0.147.